The molecule has 1 heterocycles. The number of allylic oxidation sites excluding steroid dienone is 1. The van der Waals surface area contributed by atoms with Crippen LogP contribution in [0, 0.1) is 0 Å². The first-order valence-electron chi connectivity index (χ1n) is 4.65. The molecule has 0 aromatic heterocycles. The number of carbonyl (C=O) groups is 1. The molecular formula is C9H19N4O+. The predicted molar refractivity (Wildman–Crippen MR) is 54.6 cm³/mol. The monoisotopic (exact) mass is 199 g/mol. The van der Waals surface area contributed by atoms with E-state index in [0.29, 0.717) is 17.4 Å². The first kappa shape index (κ1) is 11.2. The van der Waals surface area contributed by atoms with E-state index in [2.05, 4.69) is 12.0 Å². The van der Waals surface area contributed by atoms with Crippen molar-refractivity contribution in [3.63, 3.8) is 0 Å². The Morgan fingerprint density at radius 1 is 1.64 bits per heavy atom. The number of hydrogen-bond acceptors (Lipinski definition) is 3. The van der Waals surface area contributed by atoms with Gasteiger partial charge in [0.15, 0.2) is 5.54 Å². The summed E-state index contributed by atoms with van der Waals surface area (Å²) in [6, 6.07) is 0. The molecule has 5 heteroatoms. The average Bonchev–Trinajstić information content (AvgIpc) is 2.44. The number of likely N-dealkylation sites (tertiary alicyclic amines) is 1. The van der Waals surface area contributed by atoms with E-state index in [9.17, 15) is 4.79 Å². The van der Waals surface area contributed by atoms with Gasteiger partial charge in [-0.3, -0.25) is 14.7 Å². The van der Waals surface area contributed by atoms with E-state index in [4.69, 9.17) is 11.6 Å². The van der Waals surface area contributed by atoms with Gasteiger partial charge in [-0.1, -0.05) is 0 Å². The highest BCUT2D eigenvalue weighted by Crippen LogP contribution is 2.28. The largest absolute Gasteiger partial charge is 0.312 e. The van der Waals surface area contributed by atoms with Crippen LogP contribution in [0.25, 0.3) is 0 Å². The zero-order valence-corrected chi connectivity index (χ0v) is 8.84. The fourth-order valence-electron chi connectivity index (χ4n) is 1.88. The van der Waals surface area contributed by atoms with Crippen LogP contribution >= 0.6 is 0 Å². The summed E-state index contributed by atoms with van der Waals surface area (Å²) in [6.07, 6.45) is 0.638. The van der Waals surface area contributed by atoms with Crippen molar-refractivity contribution in [3.8, 4) is 0 Å². The van der Waals surface area contributed by atoms with Crippen molar-refractivity contribution in [3.05, 3.63) is 12.3 Å². The summed E-state index contributed by atoms with van der Waals surface area (Å²) in [7, 11) is 2.03. The van der Waals surface area contributed by atoms with Gasteiger partial charge in [0.05, 0.1) is 19.3 Å². The molecule has 1 aliphatic rings. The number of quaternary nitrogens is 1. The zero-order chi connectivity index (χ0) is 11.0. The molecule has 2 atom stereocenters. The van der Waals surface area contributed by atoms with Gasteiger partial charge in [0, 0.05) is 13.3 Å². The van der Waals surface area contributed by atoms with Crippen LogP contribution in [-0.4, -0.2) is 36.1 Å². The van der Waals surface area contributed by atoms with Gasteiger partial charge in [-0.15, -0.1) is 0 Å². The number of amides is 1. The van der Waals surface area contributed by atoms with Crippen molar-refractivity contribution in [1.29, 1.82) is 0 Å². The summed E-state index contributed by atoms with van der Waals surface area (Å²) in [5.41, 5.74) is 8.27. The molecule has 0 radical (unpaired) electrons. The first-order chi connectivity index (χ1) is 6.34. The second kappa shape index (κ2) is 3.34. The van der Waals surface area contributed by atoms with Gasteiger partial charge in [-0.05, 0) is 6.58 Å². The van der Waals surface area contributed by atoms with E-state index in [-0.39, 0.29) is 5.91 Å². The second-order valence-corrected chi connectivity index (χ2v) is 4.39. The molecule has 1 aliphatic heterocycles. The minimum atomic E-state index is -0.845. The fourth-order valence-corrected chi connectivity index (χ4v) is 1.88. The van der Waals surface area contributed by atoms with E-state index in [1.807, 2.05) is 14.0 Å². The molecule has 0 bridgehead atoms. The summed E-state index contributed by atoms with van der Waals surface area (Å²) in [4.78, 5) is 11.4. The molecule has 0 aliphatic carbocycles. The lowest BCUT2D eigenvalue weighted by atomic mass is 9.99. The van der Waals surface area contributed by atoms with Crippen LogP contribution < -0.4 is 17.0 Å². The van der Waals surface area contributed by atoms with Gasteiger partial charge >= 0.3 is 0 Å². The van der Waals surface area contributed by atoms with E-state index in [1.165, 1.54) is 0 Å². The second-order valence-electron chi connectivity index (χ2n) is 4.39. The van der Waals surface area contributed by atoms with Crippen molar-refractivity contribution < 1.29 is 9.28 Å². The highest BCUT2D eigenvalue weighted by molar-refractivity contribution is 5.85. The summed E-state index contributed by atoms with van der Waals surface area (Å²) in [5.74, 6) is 4.80. The Kier molecular flexibility index (Phi) is 2.67. The lowest BCUT2D eigenvalue weighted by Gasteiger charge is -2.30. The Bertz CT molecular complexity index is 278. The van der Waals surface area contributed by atoms with Crippen molar-refractivity contribution in [2.75, 3.05) is 20.1 Å². The van der Waals surface area contributed by atoms with Crippen molar-refractivity contribution in [2.45, 2.75) is 18.9 Å². The van der Waals surface area contributed by atoms with Gasteiger partial charge in [-0.2, -0.15) is 0 Å². The number of carbonyl (C=O) groups excluding carboxylic acids is 1. The van der Waals surface area contributed by atoms with Crippen LogP contribution in [0.15, 0.2) is 12.3 Å². The molecule has 5 N–H and O–H groups in total. The highest BCUT2D eigenvalue weighted by Gasteiger charge is 2.49. The van der Waals surface area contributed by atoms with Crippen LogP contribution in [0.3, 0.4) is 0 Å². The van der Waals surface area contributed by atoms with E-state index in [0.717, 1.165) is 12.2 Å². The molecule has 80 valence electrons. The Labute approximate surface area is 84.3 Å². The third kappa shape index (κ3) is 1.66. The van der Waals surface area contributed by atoms with Crippen LogP contribution in [0.4, 0.5) is 0 Å². The minimum absolute atomic E-state index is 0.291. The number of hydrazine groups is 1. The predicted octanol–water partition coefficient (Wildman–Crippen LogP) is -0.942. The van der Waals surface area contributed by atoms with Crippen molar-refractivity contribution in [1.82, 2.24) is 5.43 Å². The van der Waals surface area contributed by atoms with Crippen LogP contribution in [0.2, 0.25) is 0 Å². The molecule has 1 fully saturated rings. The van der Waals surface area contributed by atoms with Crippen LogP contribution in [0.5, 0.6) is 0 Å². The number of nitrogens with two attached hydrogens (primary N) is 2. The molecule has 0 spiro atoms. The van der Waals surface area contributed by atoms with Crippen molar-refractivity contribution in [2.24, 2.45) is 11.6 Å². The van der Waals surface area contributed by atoms with Gasteiger partial charge in [0.2, 0.25) is 0 Å². The molecule has 14 heavy (non-hydrogen) atoms. The molecular weight excluding hydrogens is 180 g/mol. The Balaban J connectivity index is 2.83. The molecule has 0 aromatic rings. The summed E-state index contributed by atoms with van der Waals surface area (Å²) < 4.78 is 0.643. The Morgan fingerprint density at radius 3 is 2.57 bits per heavy atom. The molecule has 2 unspecified atom stereocenters. The maximum atomic E-state index is 11.4. The van der Waals surface area contributed by atoms with E-state index >= 15 is 0 Å². The summed E-state index contributed by atoms with van der Waals surface area (Å²) >= 11 is 0. The average molecular weight is 199 g/mol. The quantitative estimate of drug-likeness (QED) is 0.232. The standard InChI is InChI=1S/C9H18N4O/c1-7(2)13(3)5-4-9(10,6-13)8(14)12-11/h1,4-6,10-11H2,2-3H3/p+1. The molecule has 0 aromatic carbocycles. The maximum Gasteiger partial charge on any atom is 0.260 e. The topological polar surface area (TPSA) is 81.1 Å². The van der Waals surface area contributed by atoms with Gasteiger partial charge in [0.25, 0.3) is 5.91 Å². The number of nitrogens with zero attached hydrogens (tertiary/aromatic N) is 1. The molecule has 1 saturated heterocycles. The molecule has 1 rings (SSSR count). The normalized spacial score (nSPS) is 36.9. The van der Waals surface area contributed by atoms with Gasteiger partial charge in [0.1, 0.15) is 6.54 Å². The summed E-state index contributed by atoms with van der Waals surface area (Å²) in [5, 5.41) is 0. The molecule has 5 nitrogen and oxygen atoms in total. The lowest BCUT2D eigenvalue weighted by molar-refractivity contribution is -0.860. The maximum absolute atomic E-state index is 11.4. The number of likely N-dealkylation sites (N-methyl/N-ethyl adjacent to an activating group) is 1. The smallest absolute Gasteiger partial charge is 0.260 e. The number of nitrogens with one attached hydrogen (secondary N) is 1. The van der Waals surface area contributed by atoms with Crippen LogP contribution in [-0.2, 0) is 4.79 Å². The fraction of sp³-hybridized carbons (Fsp3) is 0.667. The van der Waals surface area contributed by atoms with E-state index < -0.39 is 5.54 Å². The van der Waals surface area contributed by atoms with Gasteiger partial charge in [-0.25, -0.2) is 5.84 Å². The molecule has 0 saturated carbocycles. The number of hydrogen-bond donors (Lipinski definition) is 3. The lowest BCUT2D eigenvalue weighted by Crippen LogP contribution is -2.59. The minimum Gasteiger partial charge on any atom is -0.312 e. The third-order valence-corrected chi connectivity index (χ3v) is 3.19. The van der Waals surface area contributed by atoms with Crippen molar-refractivity contribution >= 4 is 5.91 Å². The zero-order valence-electron chi connectivity index (χ0n) is 8.84. The highest BCUT2D eigenvalue weighted by atomic mass is 16.2. The van der Waals surface area contributed by atoms with Crippen LogP contribution in [0.1, 0.15) is 13.3 Å². The number of rotatable bonds is 2. The third-order valence-electron chi connectivity index (χ3n) is 3.19. The Morgan fingerprint density at radius 2 is 2.21 bits per heavy atom. The summed E-state index contributed by atoms with van der Waals surface area (Å²) in [6.45, 7) is 7.26. The van der Waals surface area contributed by atoms with E-state index in [1.54, 1.807) is 0 Å². The SMILES string of the molecule is C=C(C)[N+]1(C)CCC(N)(C(=O)NN)C1. The Hall–Kier alpha value is -0.910. The first-order valence-corrected chi connectivity index (χ1v) is 4.65. The molecule has 1 amide bonds. The van der Waals surface area contributed by atoms with Gasteiger partial charge < -0.3 is 5.73 Å².